The molecular formula is C21H21N5O2. The highest BCUT2D eigenvalue weighted by Gasteiger charge is 2.18. The number of nitrogens with zero attached hydrogens (tertiary/aromatic N) is 5. The van der Waals surface area contributed by atoms with Gasteiger partial charge in [0.1, 0.15) is 11.5 Å². The Morgan fingerprint density at radius 3 is 2.50 bits per heavy atom. The molecular weight excluding hydrogens is 354 g/mol. The fourth-order valence-corrected chi connectivity index (χ4v) is 3.31. The lowest BCUT2D eigenvalue weighted by Crippen LogP contribution is -1.98. The first kappa shape index (κ1) is 17.9. The summed E-state index contributed by atoms with van der Waals surface area (Å²) in [7, 11) is 1.56. The lowest BCUT2D eigenvalue weighted by Gasteiger charge is -2.10. The van der Waals surface area contributed by atoms with Gasteiger partial charge >= 0.3 is 0 Å². The Hall–Kier alpha value is -3.48. The molecule has 0 amide bonds. The highest BCUT2D eigenvalue weighted by Crippen LogP contribution is 2.36. The molecule has 0 aliphatic heterocycles. The minimum absolute atomic E-state index is 0.0961. The van der Waals surface area contributed by atoms with Gasteiger partial charge in [0.2, 0.25) is 0 Å². The van der Waals surface area contributed by atoms with Crippen molar-refractivity contribution < 1.29 is 9.84 Å². The van der Waals surface area contributed by atoms with E-state index in [2.05, 4.69) is 15.1 Å². The van der Waals surface area contributed by atoms with E-state index in [9.17, 15) is 5.11 Å². The molecule has 7 nitrogen and oxygen atoms in total. The van der Waals surface area contributed by atoms with Crippen LogP contribution in [0.5, 0.6) is 11.5 Å². The number of aryl methyl sites for hydroxylation is 3. The summed E-state index contributed by atoms with van der Waals surface area (Å²) in [5.41, 5.74) is 5.34. The van der Waals surface area contributed by atoms with Crippen molar-refractivity contribution in [3.05, 3.63) is 48.0 Å². The zero-order chi connectivity index (χ0) is 19.8. The van der Waals surface area contributed by atoms with Gasteiger partial charge < -0.3 is 9.84 Å². The molecule has 1 aromatic carbocycles. The van der Waals surface area contributed by atoms with E-state index < -0.39 is 0 Å². The van der Waals surface area contributed by atoms with E-state index >= 15 is 0 Å². The number of hydrogen-bond acceptors (Lipinski definition) is 6. The van der Waals surface area contributed by atoms with Gasteiger partial charge in [-0.15, -0.1) is 0 Å². The summed E-state index contributed by atoms with van der Waals surface area (Å²) < 4.78 is 7.10. The molecule has 0 radical (unpaired) electrons. The first-order chi connectivity index (χ1) is 13.5. The normalized spacial score (nSPS) is 11.1. The average molecular weight is 375 g/mol. The number of pyridine rings is 1. The molecule has 7 heteroatoms. The van der Waals surface area contributed by atoms with Crippen molar-refractivity contribution in [3.63, 3.8) is 0 Å². The van der Waals surface area contributed by atoms with Crippen LogP contribution in [0.1, 0.15) is 18.3 Å². The molecule has 0 spiro atoms. The maximum Gasteiger partial charge on any atom is 0.182 e. The van der Waals surface area contributed by atoms with Crippen LogP contribution in [-0.2, 0) is 6.54 Å². The number of aromatic hydroxyl groups is 1. The third kappa shape index (κ3) is 2.94. The number of aromatic nitrogens is 5. The van der Waals surface area contributed by atoms with Crippen LogP contribution in [0.15, 0.2) is 36.7 Å². The Kier molecular flexibility index (Phi) is 4.43. The lowest BCUT2D eigenvalue weighted by atomic mass is 10.0. The molecule has 0 fully saturated rings. The lowest BCUT2D eigenvalue weighted by molar-refractivity contribution is 0.408. The second kappa shape index (κ2) is 6.92. The quantitative estimate of drug-likeness (QED) is 0.582. The van der Waals surface area contributed by atoms with Crippen molar-refractivity contribution in [2.45, 2.75) is 27.3 Å². The second-order valence-corrected chi connectivity index (χ2v) is 6.58. The molecule has 3 heterocycles. The first-order valence-electron chi connectivity index (χ1n) is 9.06. The molecule has 1 N–H and O–H groups in total. The van der Waals surface area contributed by atoms with Gasteiger partial charge in [-0.1, -0.05) is 0 Å². The van der Waals surface area contributed by atoms with E-state index in [0.29, 0.717) is 22.7 Å². The average Bonchev–Trinajstić information content (AvgIpc) is 3.03. The summed E-state index contributed by atoms with van der Waals surface area (Å²) >= 11 is 0. The smallest absolute Gasteiger partial charge is 0.182 e. The summed E-state index contributed by atoms with van der Waals surface area (Å²) in [6.45, 7) is 6.71. The zero-order valence-electron chi connectivity index (χ0n) is 16.3. The molecule has 3 aromatic heterocycles. The Morgan fingerprint density at radius 1 is 1.04 bits per heavy atom. The van der Waals surface area contributed by atoms with Gasteiger partial charge in [-0.2, -0.15) is 5.10 Å². The van der Waals surface area contributed by atoms with Crippen LogP contribution < -0.4 is 4.74 Å². The van der Waals surface area contributed by atoms with Crippen molar-refractivity contribution in [3.8, 4) is 34.0 Å². The van der Waals surface area contributed by atoms with Crippen LogP contribution in [0.2, 0.25) is 0 Å². The summed E-state index contributed by atoms with van der Waals surface area (Å²) in [6.07, 6.45) is 3.50. The van der Waals surface area contributed by atoms with E-state index in [4.69, 9.17) is 9.72 Å². The zero-order valence-corrected chi connectivity index (χ0v) is 16.3. The molecule has 0 bridgehead atoms. The first-order valence-corrected chi connectivity index (χ1v) is 9.06. The van der Waals surface area contributed by atoms with Crippen LogP contribution >= 0.6 is 0 Å². The summed E-state index contributed by atoms with van der Waals surface area (Å²) in [6, 6.07) is 7.08. The van der Waals surface area contributed by atoms with Gasteiger partial charge in [-0.3, -0.25) is 14.6 Å². The van der Waals surface area contributed by atoms with Gasteiger partial charge in [-0.05, 0) is 39.0 Å². The number of phenols is 1. The van der Waals surface area contributed by atoms with E-state index in [-0.39, 0.29) is 5.75 Å². The highest BCUT2D eigenvalue weighted by atomic mass is 16.5. The molecule has 0 saturated heterocycles. The number of methoxy groups -OCH3 is 1. The fraction of sp³-hybridized carbons (Fsp3) is 0.238. The predicted molar refractivity (Wildman–Crippen MR) is 107 cm³/mol. The SMILES string of the molecule is CCn1nc2nc(-c3ccc(OC)cc3O)cc(-c3cnc(C)cn3)c2c1C. The minimum atomic E-state index is 0.0961. The van der Waals surface area contributed by atoms with Crippen LogP contribution in [0.25, 0.3) is 33.5 Å². The molecule has 0 unspecified atom stereocenters. The molecule has 28 heavy (non-hydrogen) atoms. The van der Waals surface area contributed by atoms with Crippen molar-refractivity contribution in [2.75, 3.05) is 7.11 Å². The van der Waals surface area contributed by atoms with E-state index in [0.717, 1.165) is 34.6 Å². The van der Waals surface area contributed by atoms with Crippen molar-refractivity contribution in [1.29, 1.82) is 0 Å². The standard InChI is InChI=1S/C21H21N5O2/c1-5-26-13(3)20-16(18-11-22-12(2)10-23-18)9-17(24-21(20)25-26)15-7-6-14(28-4)8-19(15)27/h6-11,27H,5H2,1-4H3. The summed E-state index contributed by atoms with van der Waals surface area (Å²) in [5.74, 6) is 0.678. The van der Waals surface area contributed by atoms with Gasteiger partial charge in [0.15, 0.2) is 5.65 Å². The predicted octanol–water partition coefficient (Wildman–Crippen LogP) is 3.91. The summed E-state index contributed by atoms with van der Waals surface area (Å²) in [4.78, 5) is 13.6. The monoisotopic (exact) mass is 375 g/mol. The topological polar surface area (TPSA) is 86.0 Å². The van der Waals surface area contributed by atoms with E-state index in [1.807, 2.05) is 31.5 Å². The van der Waals surface area contributed by atoms with Crippen LogP contribution in [-0.4, -0.2) is 36.9 Å². The van der Waals surface area contributed by atoms with Gasteiger partial charge in [0.05, 0.1) is 35.8 Å². The minimum Gasteiger partial charge on any atom is -0.507 e. The molecule has 0 saturated carbocycles. The Balaban J connectivity index is 2.00. The number of rotatable bonds is 4. The Labute approximate surface area is 162 Å². The van der Waals surface area contributed by atoms with Gasteiger partial charge in [0, 0.05) is 35.6 Å². The number of benzene rings is 1. The van der Waals surface area contributed by atoms with E-state index in [1.54, 1.807) is 37.7 Å². The van der Waals surface area contributed by atoms with E-state index in [1.165, 1.54) is 0 Å². The van der Waals surface area contributed by atoms with Crippen molar-refractivity contribution >= 4 is 11.0 Å². The summed E-state index contributed by atoms with van der Waals surface area (Å²) in [5, 5.41) is 16.1. The van der Waals surface area contributed by atoms with Gasteiger partial charge in [0.25, 0.3) is 0 Å². The van der Waals surface area contributed by atoms with Gasteiger partial charge in [-0.25, -0.2) is 4.98 Å². The van der Waals surface area contributed by atoms with Crippen LogP contribution in [0.3, 0.4) is 0 Å². The Morgan fingerprint density at radius 2 is 1.86 bits per heavy atom. The second-order valence-electron chi connectivity index (χ2n) is 6.58. The van der Waals surface area contributed by atoms with Crippen molar-refractivity contribution in [2.24, 2.45) is 0 Å². The van der Waals surface area contributed by atoms with Crippen LogP contribution in [0, 0.1) is 13.8 Å². The molecule has 0 atom stereocenters. The number of ether oxygens (including phenoxy) is 1. The molecule has 0 aliphatic rings. The number of phenolic OH excluding ortho intramolecular Hbond substituents is 1. The number of fused-ring (bicyclic) bond motifs is 1. The maximum absolute atomic E-state index is 10.5. The third-order valence-electron chi connectivity index (χ3n) is 4.80. The fourth-order valence-electron chi connectivity index (χ4n) is 3.31. The molecule has 4 aromatic rings. The maximum atomic E-state index is 10.5. The van der Waals surface area contributed by atoms with Crippen LogP contribution in [0.4, 0.5) is 0 Å². The molecule has 4 rings (SSSR count). The highest BCUT2D eigenvalue weighted by molar-refractivity contribution is 5.96. The van der Waals surface area contributed by atoms with Crippen molar-refractivity contribution in [1.82, 2.24) is 24.7 Å². The molecule has 0 aliphatic carbocycles. The molecule has 142 valence electrons. The third-order valence-corrected chi connectivity index (χ3v) is 4.80. The Bertz CT molecular complexity index is 1170. The largest absolute Gasteiger partial charge is 0.507 e. The number of hydrogen-bond donors (Lipinski definition) is 1.